The van der Waals surface area contributed by atoms with Crippen LogP contribution in [0.3, 0.4) is 0 Å². The zero-order chi connectivity index (χ0) is 18.4. The lowest BCUT2D eigenvalue weighted by Crippen LogP contribution is -2.31. The Kier molecular flexibility index (Phi) is 6.52. The number of pyridine rings is 1. The van der Waals surface area contributed by atoms with Crippen molar-refractivity contribution >= 4 is 11.0 Å². The summed E-state index contributed by atoms with van der Waals surface area (Å²) in [6, 6.07) is 4.31. The number of rotatable bonds is 0. The molecule has 0 saturated heterocycles. The molecule has 1 atom stereocenters. The lowest BCUT2D eigenvalue weighted by molar-refractivity contribution is 0.461. The van der Waals surface area contributed by atoms with Crippen molar-refractivity contribution in [3.63, 3.8) is 0 Å². The van der Waals surface area contributed by atoms with Gasteiger partial charge in [0.15, 0.2) is 11.6 Å². The standard InChI is InChI=1S/C10H12N4.C6H3F3.C2H6/c11-7-1-2-10-13-8-3-4-12-5-9(8)14(10)6-7;7-4-1-2-5(8)6(9)3-4;1-2/h3-5,7H,1-2,6,11H2;1-3H;1-2H3/t7-;;/m1../s1. The van der Waals surface area contributed by atoms with E-state index >= 15 is 0 Å². The van der Waals surface area contributed by atoms with E-state index in [0.29, 0.717) is 6.07 Å². The molecular formula is C18H21F3N4. The highest BCUT2D eigenvalue weighted by Crippen LogP contribution is 2.20. The molecule has 0 bridgehead atoms. The third kappa shape index (κ3) is 4.57. The molecule has 0 unspecified atom stereocenters. The highest BCUT2D eigenvalue weighted by atomic mass is 19.2. The molecule has 1 aliphatic rings. The maximum absolute atomic E-state index is 12.0. The van der Waals surface area contributed by atoms with Crippen molar-refractivity contribution in [3.8, 4) is 0 Å². The molecule has 0 fully saturated rings. The van der Waals surface area contributed by atoms with Crippen molar-refractivity contribution in [2.75, 3.05) is 0 Å². The molecule has 4 rings (SSSR count). The molecule has 0 aliphatic carbocycles. The van der Waals surface area contributed by atoms with Crippen LogP contribution in [0.1, 0.15) is 26.1 Å². The first-order valence-corrected chi connectivity index (χ1v) is 8.20. The van der Waals surface area contributed by atoms with Crippen LogP contribution in [0.2, 0.25) is 0 Å². The second-order valence-corrected chi connectivity index (χ2v) is 5.36. The van der Waals surface area contributed by atoms with E-state index in [1.54, 1.807) is 6.20 Å². The monoisotopic (exact) mass is 350 g/mol. The number of hydrogen-bond donors (Lipinski definition) is 1. The van der Waals surface area contributed by atoms with Crippen molar-refractivity contribution < 1.29 is 13.2 Å². The number of imidazole rings is 1. The van der Waals surface area contributed by atoms with Gasteiger partial charge in [-0.1, -0.05) is 13.8 Å². The lowest BCUT2D eigenvalue weighted by atomic mass is 10.1. The molecule has 0 radical (unpaired) electrons. The van der Waals surface area contributed by atoms with Crippen LogP contribution in [0.15, 0.2) is 36.7 Å². The first-order valence-electron chi connectivity index (χ1n) is 8.20. The average molecular weight is 350 g/mol. The third-order valence-electron chi connectivity index (χ3n) is 3.67. The number of benzene rings is 1. The van der Waals surface area contributed by atoms with E-state index in [9.17, 15) is 13.2 Å². The lowest BCUT2D eigenvalue weighted by Gasteiger charge is -2.20. The van der Waals surface area contributed by atoms with Crippen LogP contribution in [0.25, 0.3) is 11.0 Å². The van der Waals surface area contributed by atoms with Crippen molar-refractivity contribution in [2.24, 2.45) is 5.73 Å². The Balaban J connectivity index is 0.000000179. The number of nitrogens with zero attached hydrogens (tertiary/aromatic N) is 3. The zero-order valence-corrected chi connectivity index (χ0v) is 14.2. The molecule has 2 N–H and O–H groups in total. The maximum Gasteiger partial charge on any atom is 0.161 e. The molecule has 0 saturated carbocycles. The van der Waals surface area contributed by atoms with E-state index in [4.69, 9.17) is 5.73 Å². The van der Waals surface area contributed by atoms with Gasteiger partial charge in [0.1, 0.15) is 11.6 Å². The fourth-order valence-electron chi connectivity index (χ4n) is 2.53. The molecule has 25 heavy (non-hydrogen) atoms. The summed E-state index contributed by atoms with van der Waals surface area (Å²) in [6.45, 7) is 4.87. The van der Waals surface area contributed by atoms with Gasteiger partial charge in [0.05, 0.1) is 17.2 Å². The van der Waals surface area contributed by atoms with E-state index in [1.807, 2.05) is 26.1 Å². The predicted octanol–water partition coefficient (Wildman–Crippen LogP) is 3.83. The molecule has 0 spiro atoms. The van der Waals surface area contributed by atoms with Gasteiger partial charge >= 0.3 is 0 Å². The van der Waals surface area contributed by atoms with Crippen molar-refractivity contribution in [1.29, 1.82) is 0 Å². The third-order valence-corrected chi connectivity index (χ3v) is 3.67. The summed E-state index contributed by atoms with van der Waals surface area (Å²) in [5.74, 6) is -1.81. The smallest absolute Gasteiger partial charge is 0.161 e. The van der Waals surface area contributed by atoms with E-state index in [-0.39, 0.29) is 6.04 Å². The van der Waals surface area contributed by atoms with E-state index in [1.165, 1.54) is 0 Å². The molecule has 1 aliphatic heterocycles. The normalized spacial score (nSPS) is 15.5. The van der Waals surface area contributed by atoms with E-state index < -0.39 is 17.5 Å². The molecule has 1 aromatic carbocycles. The quantitative estimate of drug-likeness (QED) is 0.627. The zero-order valence-electron chi connectivity index (χ0n) is 14.2. The summed E-state index contributed by atoms with van der Waals surface area (Å²) in [6.07, 6.45) is 5.66. The number of aromatic nitrogens is 3. The largest absolute Gasteiger partial charge is 0.326 e. The first-order chi connectivity index (χ1) is 12.0. The van der Waals surface area contributed by atoms with Crippen molar-refractivity contribution in [1.82, 2.24) is 14.5 Å². The molecule has 2 aromatic heterocycles. The summed E-state index contributed by atoms with van der Waals surface area (Å²) < 4.78 is 38.1. The van der Waals surface area contributed by atoms with Crippen LogP contribution >= 0.6 is 0 Å². The maximum atomic E-state index is 12.0. The summed E-state index contributed by atoms with van der Waals surface area (Å²) in [5.41, 5.74) is 8.07. The Morgan fingerprint density at radius 1 is 1.12 bits per heavy atom. The van der Waals surface area contributed by atoms with Crippen LogP contribution in [0.5, 0.6) is 0 Å². The summed E-state index contributed by atoms with van der Waals surface area (Å²) >= 11 is 0. The molecule has 7 heteroatoms. The molecular weight excluding hydrogens is 329 g/mol. The summed E-state index contributed by atoms with van der Waals surface area (Å²) in [7, 11) is 0. The van der Waals surface area contributed by atoms with Crippen LogP contribution < -0.4 is 5.73 Å². The van der Waals surface area contributed by atoms with Crippen LogP contribution in [0, 0.1) is 17.5 Å². The molecule has 134 valence electrons. The number of nitrogens with two attached hydrogens (primary N) is 1. The molecule has 3 aromatic rings. The Morgan fingerprint density at radius 2 is 1.88 bits per heavy atom. The number of halogens is 3. The fraction of sp³-hybridized carbons (Fsp3) is 0.333. The van der Waals surface area contributed by atoms with Gasteiger partial charge in [-0.2, -0.15) is 0 Å². The number of hydrogen-bond acceptors (Lipinski definition) is 3. The minimum atomic E-state index is -1.16. The van der Waals surface area contributed by atoms with Crippen LogP contribution in [0.4, 0.5) is 13.2 Å². The Bertz CT molecular complexity index is 832. The fourth-order valence-corrected chi connectivity index (χ4v) is 2.53. The topological polar surface area (TPSA) is 56.7 Å². The summed E-state index contributed by atoms with van der Waals surface area (Å²) in [5, 5.41) is 0. The molecule has 4 nitrogen and oxygen atoms in total. The minimum absolute atomic E-state index is 0.264. The van der Waals surface area contributed by atoms with Gasteiger partial charge < -0.3 is 10.3 Å². The van der Waals surface area contributed by atoms with Gasteiger partial charge in [0.25, 0.3) is 0 Å². The van der Waals surface area contributed by atoms with Crippen molar-refractivity contribution in [2.45, 2.75) is 39.3 Å². The van der Waals surface area contributed by atoms with Gasteiger partial charge in [-0.15, -0.1) is 0 Å². The minimum Gasteiger partial charge on any atom is -0.326 e. The SMILES string of the molecule is CC.Fc1ccc(F)c(F)c1.N[C@@H]1CCc2nc3ccncc3n2C1. The van der Waals surface area contributed by atoms with Gasteiger partial charge in [-0.25, -0.2) is 18.2 Å². The highest BCUT2D eigenvalue weighted by molar-refractivity contribution is 5.74. The van der Waals surface area contributed by atoms with Gasteiger partial charge in [0.2, 0.25) is 0 Å². The van der Waals surface area contributed by atoms with Gasteiger partial charge in [-0.05, 0) is 24.6 Å². The molecule has 3 heterocycles. The Hall–Kier alpha value is -2.41. The number of aryl methyl sites for hydroxylation is 1. The predicted molar refractivity (Wildman–Crippen MR) is 91.5 cm³/mol. The van der Waals surface area contributed by atoms with Gasteiger partial charge in [-0.3, -0.25) is 4.98 Å². The number of fused-ring (bicyclic) bond motifs is 3. The Labute approximate surface area is 144 Å². The van der Waals surface area contributed by atoms with Crippen LogP contribution in [-0.4, -0.2) is 20.6 Å². The average Bonchev–Trinajstić information content (AvgIpc) is 2.99. The van der Waals surface area contributed by atoms with E-state index in [2.05, 4.69) is 14.5 Å². The summed E-state index contributed by atoms with van der Waals surface area (Å²) in [4.78, 5) is 8.67. The Morgan fingerprint density at radius 3 is 2.56 bits per heavy atom. The van der Waals surface area contributed by atoms with E-state index in [0.717, 1.165) is 48.4 Å². The first kappa shape index (κ1) is 18.9. The van der Waals surface area contributed by atoms with Crippen molar-refractivity contribution in [3.05, 3.63) is 59.9 Å². The highest BCUT2D eigenvalue weighted by Gasteiger charge is 2.18. The molecule has 0 amide bonds. The van der Waals surface area contributed by atoms with Crippen LogP contribution in [-0.2, 0) is 13.0 Å². The second-order valence-electron chi connectivity index (χ2n) is 5.36. The second kappa shape index (κ2) is 8.62. The van der Waals surface area contributed by atoms with Gasteiger partial charge in [0, 0.05) is 31.3 Å².